The van der Waals surface area contributed by atoms with E-state index in [2.05, 4.69) is 5.16 Å². The van der Waals surface area contributed by atoms with Gasteiger partial charge in [-0.2, -0.15) is 0 Å². The third-order valence-corrected chi connectivity index (χ3v) is 2.32. The zero-order valence-corrected chi connectivity index (χ0v) is 8.43. The lowest BCUT2D eigenvalue weighted by Gasteiger charge is -1.96. The zero-order chi connectivity index (χ0) is 10.7. The molecule has 3 heteroatoms. The SMILES string of the molecule is Cc1onc(Cc2ccccc2)c1C=O. The van der Waals surface area contributed by atoms with Gasteiger partial charge in [0.1, 0.15) is 5.76 Å². The van der Waals surface area contributed by atoms with Crippen LogP contribution in [-0.2, 0) is 6.42 Å². The van der Waals surface area contributed by atoms with Crippen LogP contribution in [0.2, 0.25) is 0 Å². The van der Waals surface area contributed by atoms with Crippen molar-refractivity contribution < 1.29 is 9.32 Å². The summed E-state index contributed by atoms with van der Waals surface area (Å²) in [5.74, 6) is 0.580. The number of benzene rings is 1. The Balaban J connectivity index is 2.28. The molecule has 0 atom stereocenters. The van der Waals surface area contributed by atoms with Crippen molar-refractivity contribution in [2.24, 2.45) is 0 Å². The van der Waals surface area contributed by atoms with E-state index in [4.69, 9.17) is 4.52 Å². The Kier molecular flexibility index (Phi) is 2.63. The van der Waals surface area contributed by atoms with Crippen LogP contribution in [0.25, 0.3) is 0 Å². The minimum Gasteiger partial charge on any atom is -0.361 e. The second-order valence-electron chi connectivity index (χ2n) is 3.38. The Morgan fingerprint density at radius 2 is 2.07 bits per heavy atom. The molecule has 3 nitrogen and oxygen atoms in total. The molecule has 76 valence electrons. The van der Waals surface area contributed by atoms with E-state index < -0.39 is 0 Å². The second kappa shape index (κ2) is 4.09. The lowest BCUT2D eigenvalue weighted by molar-refractivity contribution is 0.112. The molecule has 1 aromatic carbocycles. The summed E-state index contributed by atoms with van der Waals surface area (Å²) in [7, 11) is 0. The first-order valence-corrected chi connectivity index (χ1v) is 4.75. The van der Waals surface area contributed by atoms with Crippen molar-refractivity contribution >= 4 is 6.29 Å². The van der Waals surface area contributed by atoms with Crippen LogP contribution in [0, 0.1) is 6.92 Å². The summed E-state index contributed by atoms with van der Waals surface area (Å²) in [5, 5.41) is 3.88. The molecule has 0 saturated carbocycles. The lowest BCUT2D eigenvalue weighted by atomic mass is 10.1. The molecule has 0 aliphatic heterocycles. The molecule has 2 rings (SSSR count). The fourth-order valence-electron chi connectivity index (χ4n) is 1.49. The largest absolute Gasteiger partial charge is 0.361 e. The van der Waals surface area contributed by atoms with E-state index in [1.54, 1.807) is 6.92 Å². The second-order valence-corrected chi connectivity index (χ2v) is 3.38. The molecule has 0 N–H and O–H groups in total. The molecule has 15 heavy (non-hydrogen) atoms. The van der Waals surface area contributed by atoms with Gasteiger partial charge in [-0.15, -0.1) is 0 Å². The Hall–Kier alpha value is -1.90. The smallest absolute Gasteiger partial charge is 0.155 e. The minimum absolute atomic E-state index is 0.568. The quantitative estimate of drug-likeness (QED) is 0.716. The first-order valence-electron chi connectivity index (χ1n) is 4.75. The zero-order valence-electron chi connectivity index (χ0n) is 8.43. The number of rotatable bonds is 3. The van der Waals surface area contributed by atoms with Crippen LogP contribution in [0.3, 0.4) is 0 Å². The van der Waals surface area contributed by atoms with Crippen molar-refractivity contribution in [2.75, 3.05) is 0 Å². The Labute approximate surface area is 87.7 Å². The van der Waals surface area contributed by atoms with Crippen molar-refractivity contribution in [1.29, 1.82) is 0 Å². The molecule has 0 saturated heterocycles. The third kappa shape index (κ3) is 1.96. The van der Waals surface area contributed by atoms with Crippen molar-refractivity contribution in [2.45, 2.75) is 13.3 Å². The minimum atomic E-state index is 0.568. The third-order valence-electron chi connectivity index (χ3n) is 2.32. The van der Waals surface area contributed by atoms with Crippen molar-refractivity contribution in [3.63, 3.8) is 0 Å². The predicted octanol–water partition coefficient (Wildman–Crippen LogP) is 2.39. The number of aromatic nitrogens is 1. The van der Waals surface area contributed by atoms with Gasteiger partial charge >= 0.3 is 0 Å². The van der Waals surface area contributed by atoms with Gasteiger partial charge in [0.05, 0.1) is 11.3 Å². The molecule has 2 aromatic rings. The van der Waals surface area contributed by atoms with Crippen LogP contribution in [0.4, 0.5) is 0 Å². The molecule has 0 aliphatic rings. The Morgan fingerprint density at radius 1 is 1.33 bits per heavy atom. The number of nitrogens with zero attached hydrogens (tertiary/aromatic N) is 1. The number of carbonyl (C=O) groups excluding carboxylic acids is 1. The van der Waals surface area contributed by atoms with Crippen molar-refractivity contribution in [3.8, 4) is 0 Å². The molecule has 0 amide bonds. The van der Waals surface area contributed by atoms with Crippen LogP contribution in [0.1, 0.15) is 27.4 Å². The predicted molar refractivity (Wildman–Crippen MR) is 55.9 cm³/mol. The molecule has 0 bridgehead atoms. The van der Waals surface area contributed by atoms with E-state index in [9.17, 15) is 4.79 Å². The molecule has 0 aliphatic carbocycles. The van der Waals surface area contributed by atoms with Gasteiger partial charge in [-0.05, 0) is 12.5 Å². The number of hydrogen-bond donors (Lipinski definition) is 0. The van der Waals surface area contributed by atoms with Gasteiger partial charge in [-0.3, -0.25) is 4.79 Å². The van der Waals surface area contributed by atoms with E-state index in [-0.39, 0.29) is 0 Å². The molecule has 0 fully saturated rings. The number of aldehydes is 1. The standard InChI is InChI=1S/C12H11NO2/c1-9-11(8-14)12(13-15-9)7-10-5-3-2-4-6-10/h2-6,8H,7H2,1H3. The van der Waals surface area contributed by atoms with Gasteiger partial charge in [0, 0.05) is 6.42 Å². The summed E-state index contributed by atoms with van der Waals surface area (Å²) in [5.41, 5.74) is 2.39. The summed E-state index contributed by atoms with van der Waals surface area (Å²) in [6.07, 6.45) is 1.43. The molecule has 0 unspecified atom stereocenters. The number of aryl methyl sites for hydroxylation is 1. The lowest BCUT2D eigenvalue weighted by Crippen LogP contribution is -1.93. The van der Waals surface area contributed by atoms with Crippen LogP contribution in [0.15, 0.2) is 34.9 Å². The van der Waals surface area contributed by atoms with Gasteiger partial charge in [0.2, 0.25) is 0 Å². The highest BCUT2D eigenvalue weighted by molar-refractivity contribution is 5.77. The topological polar surface area (TPSA) is 43.1 Å². The number of carbonyl (C=O) groups is 1. The van der Waals surface area contributed by atoms with E-state index in [0.29, 0.717) is 23.4 Å². The fraction of sp³-hybridized carbons (Fsp3) is 0.167. The highest BCUT2D eigenvalue weighted by atomic mass is 16.5. The van der Waals surface area contributed by atoms with Gasteiger partial charge in [-0.25, -0.2) is 0 Å². The van der Waals surface area contributed by atoms with Gasteiger partial charge < -0.3 is 4.52 Å². The molecule has 1 aromatic heterocycles. The summed E-state index contributed by atoms with van der Waals surface area (Å²) in [4.78, 5) is 10.8. The fourth-order valence-corrected chi connectivity index (χ4v) is 1.49. The van der Waals surface area contributed by atoms with Crippen LogP contribution >= 0.6 is 0 Å². The summed E-state index contributed by atoms with van der Waals surface area (Å²) < 4.78 is 4.98. The van der Waals surface area contributed by atoms with E-state index in [1.165, 1.54) is 0 Å². The Morgan fingerprint density at radius 3 is 2.73 bits per heavy atom. The molecular formula is C12H11NO2. The average molecular weight is 201 g/mol. The van der Waals surface area contributed by atoms with Crippen molar-refractivity contribution in [1.82, 2.24) is 5.16 Å². The first kappa shape index (κ1) is 9.65. The normalized spacial score (nSPS) is 10.2. The summed E-state index contributed by atoms with van der Waals surface area (Å²) in [6, 6.07) is 9.88. The first-order chi connectivity index (χ1) is 7.31. The van der Waals surface area contributed by atoms with Crippen LogP contribution < -0.4 is 0 Å². The maximum Gasteiger partial charge on any atom is 0.155 e. The molecule has 0 radical (unpaired) electrons. The van der Waals surface area contributed by atoms with Gasteiger partial charge in [-0.1, -0.05) is 35.5 Å². The van der Waals surface area contributed by atoms with Gasteiger partial charge in [0.15, 0.2) is 6.29 Å². The van der Waals surface area contributed by atoms with Crippen LogP contribution in [0.5, 0.6) is 0 Å². The Bertz CT molecular complexity index is 460. The van der Waals surface area contributed by atoms with E-state index in [1.807, 2.05) is 30.3 Å². The van der Waals surface area contributed by atoms with E-state index >= 15 is 0 Å². The molecular weight excluding hydrogens is 190 g/mol. The highest BCUT2D eigenvalue weighted by Crippen LogP contribution is 2.14. The van der Waals surface area contributed by atoms with E-state index in [0.717, 1.165) is 11.8 Å². The summed E-state index contributed by atoms with van der Waals surface area (Å²) >= 11 is 0. The highest BCUT2D eigenvalue weighted by Gasteiger charge is 2.11. The summed E-state index contributed by atoms with van der Waals surface area (Å²) in [6.45, 7) is 1.74. The number of hydrogen-bond acceptors (Lipinski definition) is 3. The molecule has 0 spiro atoms. The van der Waals surface area contributed by atoms with Gasteiger partial charge in [0.25, 0.3) is 0 Å². The maximum atomic E-state index is 10.8. The van der Waals surface area contributed by atoms with Crippen molar-refractivity contribution in [3.05, 3.63) is 52.9 Å². The average Bonchev–Trinajstić information content (AvgIpc) is 2.61. The van der Waals surface area contributed by atoms with Crippen LogP contribution in [-0.4, -0.2) is 11.4 Å². The maximum absolute atomic E-state index is 10.8. The monoisotopic (exact) mass is 201 g/mol. The molecule has 1 heterocycles.